The number of nitrogens with one attached hydrogen (secondary N) is 1. The van der Waals surface area contributed by atoms with Crippen molar-refractivity contribution in [2.24, 2.45) is 5.92 Å². The molecular formula is C17H27NO2. The summed E-state index contributed by atoms with van der Waals surface area (Å²) in [6, 6.07) is 6.76. The van der Waals surface area contributed by atoms with Gasteiger partial charge in [0.25, 0.3) is 0 Å². The van der Waals surface area contributed by atoms with Crippen molar-refractivity contribution in [3.63, 3.8) is 0 Å². The third-order valence-corrected chi connectivity index (χ3v) is 4.44. The summed E-state index contributed by atoms with van der Waals surface area (Å²) < 4.78 is 10.7. The minimum atomic E-state index is 0.653. The molecule has 1 aromatic carbocycles. The number of hydrogen-bond donors (Lipinski definition) is 1. The molecule has 20 heavy (non-hydrogen) atoms. The molecule has 3 nitrogen and oxygen atoms in total. The summed E-state index contributed by atoms with van der Waals surface area (Å²) in [7, 11) is 3.41. The molecule has 0 spiro atoms. The van der Waals surface area contributed by atoms with E-state index in [-0.39, 0.29) is 0 Å². The highest BCUT2D eigenvalue weighted by Crippen LogP contribution is 2.27. The van der Waals surface area contributed by atoms with Crippen molar-refractivity contribution in [3.05, 3.63) is 23.8 Å². The van der Waals surface area contributed by atoms with Gasteiger partial charge in [0.2, 0.25) is 0 Å². The number of piperidine rings is 1. The maximum atomic E-state index is 5.47. The van der Waals surface area contributed by atoms with Crippen LogP contribution < -0.4 is 14.8 Å². The van der Waals surface area contributed by atoms with Crippen LogP contribution in [0.5, 0.6) is 11.5 Å². The van der Waals surface area contributed by atoms with E-state index in [4.69, 9.17) is 9.47 Å². The third-order valence-electron chi connectivity index (χ3n) is 4.44. The van der Waals surface area contributed by atoms with Gasteiger partial charge in [-0.2, -0.15) is 0 Å². The Labute approximate surface area is 122 Å². The molecule has 1 aromatic rings. The Bertz CT molecular complexity index is 419. The minimum absolute atomic E-state index is 0.653. The second-order valence-corrected chi connectivity index (χ2v) is 5.67. The van der Waals surface area contributed by atoms with Crippen LogP contribution >= 0.6 is 0 Å². The van der Waals surface area contributed by atoms with Crippen molar-refractivity contribution in [1.29, 1.82) is 0 Å². The second kappa shape index (κ2) is 7.53. The van der Waals surface area contributed by atoms with E-state index in [1.54, 1.807) is 14.2 Å². The predicted molar refractivity (Wildman–Crippen MR) is 82.7 cm³/mol. The Morgan fingerprint density at radius 1 is 1.25 bits per heavy atom. The zero-order valence-electron chi connectivity index (χ0n) is 12.9. The molecule has 1 aliphatic rings. The first-order valence-electron chi connectivity index (χ1n) is 7.71. The van der Waals surface area contributed by atoms with Gasteiger partial charge in [-0.1, -0.05) is 19.4 Å². The van der Waals surface area contributed by atoms with Crippen molar-refractivity contribution in [1.82, 2.24) is 5.32 Å². The standard InChI is InChI=1S/C17H27NO2/c1-4-13-9-10-18-15(11-13)7-5-14-6-8-16(19-2)12-17(14)20-3/h6,8,12-13,15,18H,4-5,7,9-11H2,1-3H3. The summed E-state index contributed by atoms with van der Waals surface area (Å²) in [6.45, 7) is 3.47. The smallest absolute Gasteiger partial charge is 0.125 e. The fourth-order valence-corrected chi connectivity index (χ4v) is 3.07. The monoisotopic (exact) mass is 277 g/mol. The minimum Gasteiger partial charge on any atom is -0.497 e. The Morgan fingerprint density at radius 2 is 2.10 bits per heavy atom. The molecule has 0 amide bonds. The van der Waals surface area contributed by atoms with Crippen molar-refractivity contribution >= 4 is 0 Å². The molecule has 1 saturated heterocycles. The van der Waals surface area contributed by atoms with Gasteiger partial charge in [-0.05, 0) is 49.8 Å². The lowest BCUT2D eigenvalue weighted by Gasteiger charge is -2.30. The van der Waals surface area contributed by atoms with Crippen molar-refractivity contribution in [2.45, 2.75) is 45.1 Å². The van der Waals surface area contributed by atoms with Gasteiger partial charge < -0.3 is 14.8 Å². The quantitative estimate of drug-likeness (QED) is 0.864. The number of aryl methyl sites for hydroxylation is 1. The summed E-state index contributed by atoms with van der Waals surface area (Å²) in [6.07, 6.45) is 6.19. The van der Waals surface area contributed by atoms with E-state index in [0.29, 0.717) is 6.04 Å². The molecule has 0 bridgehead atoms. The normalized spacial score (nSPS) is 22.6. The molecule has 1 heterocycles. The van der Waals surface area contributed by atoms with Gasteiger partial charge in [-0.3, -0.25) is 0 Å². The average Bonchev–Trinajstić information content (AvgIpc) is 2.52. The van der Waals surface area contributed by atoms with Crippen LogP contribution in [0.25, 0.3) is 0 Å². The number of methoxy groups -OCH3 is 2. The number of ether oxygens (including phenoxy) is 2. The summed E-state index contributed by atoms with van der Waals surface area (Å²) >= 11 is 0. The Kier molecular flexibility index (Phi) is 5.72. The van der Waals surface area contributed by atoms with Crippen LogP contribution in [0.3, 0.4) is 0 Å². The van der Waals surface area contributed by atoms with E-state index in [9.17, 15) is 0 Å². The molecular weight excluding hydrogens is 250 g/mol. The van der Waals surface area contributed by atoms with Crippen LogP contribution in [0.15, 0.2) is 18.2 Å². The van der Waals surface area contributed by atoms with E-state index in [1.165, 1.54) is 37.8 Å². The molecule has 1 aliphatic heterocycles. The van der Waals surface area contributed by atoms with Crippen LogP contribution in [0.4, 0.5) is 0 Å². The summed E-state index contributed by atoms with van der Waals surface area (Å²) in [5, 5.41) is 3.65. The van der Waals surface area contributed by atoms with Crippen LogP contribution in [-0.2, 0) is 6.42 Å². The molecule has 2 unspecified atom stereocenters. The van der Waals surface area contributed by atoms with Gasteiger partial charge in [0.1, 0.15) is 11.5 Å². The van der Waals surface area contributed by atoms with E-state index in [0.717, 1.165) is 23.8 Å². The first-order valence-corrected chi connectivity index (χ1v) is 7.71. The van der Waals surface area contributed by atoms with Gasteiger partial charge in [0.05, 0.1) is 14.2 Å². The number of hydrogen-bond acceptors (Lipinski definition) is 3. The zero-order chi connectivity index (χ0) is 14.4. The van der Waals surface area contributed by atoms with Crippen molar-refractivity contribution in [2.75, 3.05) is 20.8 Å². The first-order chi connectivity index (χ1) is 9.76. The van der Waals surface area contributed by atoms with Crippen molar-refractivity contribution < 1.29 is 9.47 Å². The molecule has 1 fully saturated rings. The van der Waals surface area contributed by atoms with Crippen molar-refractivity contribution in [3.8, 4) is 11.5 Å². The predicted octanol–water partition coefficient (Wildman–Crippen LogP) is 3.41. The summed E-state index contributed by atoms with van der Waals surface area (Å²) in [5.41, 5.74) is 1.27. The molecule has 2 atom stereocenters. The van der Waals surface area contributed by atoms with Gasteiger partial charge in [-0.15, -0.1) is 0 Å². The average molecular weight is 277 g/mol. The maximum Gasteiger partial charge on any atom is 0.125 e. The van der Waals surface area contributed by atoms with Crippen LogP contribution in [0.1, 0.15) is 38.2 Å². The lowest BCUT2D eigenvalue weighted by molar-refractivity contribution is 0.284. The highest BCUT2D eigenvalue weighted by atomic mass is 16.5. The Balaban J connectivity index is 1.93. The molecule has 0 radical (unpaired) electrons. The number of benzene rings is 1. The van der Waals surface area contributed by atoms with Crippen LogP contribution in [0, 0.1) is 5.92 Å². The molecule has 0 aliphatic carbocycles. The fourth-order valence-electron chi connectivity index (χ4n) is 3.07. The van der Waals surface area contributed by atoms with E-state index >= 15 is 0 Å². The lowest BCUT2D eigenvalue weighted by atomic mass is 9.88. The Morgan fingerprint density at radius 3 is 2.80 bits per heavy atom. The number of rotatable bonds is 6. The zero-order valence-corrected chi connectivity index (χ0v) is 12.9. The molecule has 0 saturated carbocycles. The molecule has 2 rings (SSSR count). The molecule has 1 N–H and O–H groups in total. The second-order valence-electron chi connectivity index (χ2n) is 5.67. The largest absolute Gasteiger partial charge is 0.497 e. The van der Waals surface area contributed by atoms with Gasteiger partial charge in [-0.25, -0.2) is 0 Å². The highest BCUT2D eigenvalue weighted by molar-refractivity contribution is 5.40. The summed E-state index contributed by atoms with van der Waals surface area (Å²) in [5.74, 6) is 2.69. The van der Waals surface area contributed by atoms with E-state index in [1.807, 2.05) is 12.1 Å². The molecule has 112 valence electrons. The molecule has 0 aromatic heterocycles. The highest BCUT2D eigenvalue weighted by Gasteiger charge is 2.20. The first kappa shape index (κ1) is 15.2. The van der Waals surface area contributed by atoms with Gasteiger partial charge >= 0.3 is 0 Å². The third kappa shape index (κ3) is 3.89. The maximum absolute atomic E-state index is 5.47. The SMILES string of the molecule is CCC1CCNC(CCc2ccc(OC)cc2OC)C1. The van der Waals surface area contributed by atoms with Gasteiger partial charge in [0.15, 0.2) is 0 Å². The topological polar surface area (TPSA) is 30.5 Å². The Hall–Kier alpha value is -1.22. The fraction of sp³-hybridized carbons (Fsp3) is 0.647. The van der Waals surface area contributed by atoms with Crippen LogP contribution in [-0.4, -0.2) is 26.8 Å². The van der Waals surface area contributed by atoms with E-state index < -0.39 is 0 Å². The molecule has 3 heteroatoms. The summed E-state index contributed by atoms with van der Waals surface area (Å²) in [4.78, 5) is 0. The lowest BCUT2D eigenvalue weighted by Crippen LogP contribution is -2.38. The van der Waals surface area contributed by atoms with Crippen LogP contribution in [0.2, 0.25) is 0 Å². The van der Waals surface area contributed by atoms with Gasteiger partial charge in [0, 0.05) is 12.1 Å². The van der Waals surface area contributed by atoms with E-state index in [2.05, 4.69) is 18.3 Å².